The fourth-order valence-corrected chi connectivity index (χ4v) is 1.99. The third-order valence-electron chi connectivity index (χ3n) is 2.83. The van der Waals surface area contributed by atoms with Crippen LogP contribution in [0.4, 0.5) is 11.4 Å². The van der Waals surface area contributed by atoms with Crippen LogP contribution in [0.3, 0.4) is 0 Å². The molecule has 0 radical (unpaired) electrons. The number of hydrogen-bond acceptors (Lipinski definition) is 3. The van der Waals surface area contributed by atoms with Crippen molar-refractivity contribution in [2.45, 2.75) is 6.92 Å². The van der Waals surface area contributed by atoms with Gasteiger partial charge in [-0.25, -0.2) is 0 Å². The van der Waals surface area contributed by atoms with E-state index in [1.807, 2.05) is 6.07 Å². The molecule has 2 rings (SSSR count). The Labute approximate surface area is 128 Å². The summed E-state index contributed by atoms with van der Waals surface area (Å²) in [6.45, 7) is 1.60. The normalized spacial score (nSPS) is 10.0. The van der Waals surface area contributed by atoms with Crippen LogP contribution in [-0.4, -0.2) is 18.2 Å². The largest absolute Gasteiger partial charge is 0.376 e. The molecule has 0 bridgehead atoms. The molecule has 0 fully saturated rings. The second-order valence-corrected chi connectivity index (χ2v) is 4.99. The third-order valence-corrected chi connectivity index (χ3v) is 3.07. The first-order valence-electron chi connectivity index (χ1n) is 6.45. The molecule has 108 valence electrons. The van der Waals surface area contributed by atoms with Gasteiger partial charge in [0.05, 0.1) is 6.54 Å². The zero-order valence-electron chi connectivity index (χ0n) is 11.5. The van der Waals surface area contributed by atoms with Crippen LogP contribution in [0.25, 0.3) is 0 Å². The van der Waals surface area contributed by atoms with Gasteiger partial charge in [-0.15, -0.1) is 0 Å². The smallest absolute Gasteiger partial charge is 0.243 e. The number of rotatable bonds is 5. The summed E-state index contributed by atoms with van der Waals surface area (Å²) in [7, 11) is 0. The van der Waals surface area contributed by atoms with Crippen LogP contribution in [-0.2, 0) is 4.79 Å². The molecule has 0 aliphatic heterocycles. The van der Waals surface area contributed by atoms with Crippen molar-refractivity contribution in [2.75, 3.05) is 17.2 Å². The predicted molar refractivity (Wildman–Crippen MR) is 85.0 cm³/mol. The van der Waals surface area contributed by atoms with Crippen molar-refractivity contribution >= 4 is 34.7 Å². The highest BCUT2D eigenvalue weighted by atomic mass is 35.5. The molecule has 0 saturated carbocycles. The molecule has 5 heteroatoms. The molecule has 0 aliphatic carbocycles. The molecular weight excluding hydrogens is 288 g/mol. The number of hydrogen-bond donors (Lipinski definition) is 2. The molecule has 21 heavy (non-hydrogen) atoms. The highest BCUT2D eigenvalue weighted by Gasteiger charge is 2.05. The number of halogens is 1. The first-order chi connectivity index (χ1) is 10.0. The second-order valence-electron chi connectivity index (χ2n) is 4.55. The highest BCUT2D eigenvalue weighted by Crippen LogP contribution is 2.15. The third kappa shape index (κ3) is 4.61. The lowest BCUT2D eigenvalue weighted by molar-refractivity contribution is -0.114. The number of Topliss-reactive ketones (excluding diaryl/α,β-unsaturated/α-hetero) is 1. The first kappa shape index (κ1) is 15.1. The number of nitrogens with one attached hydrogen (secondary N) is 2. The summed E-state index contributed by atoms with van der Waals surface area (Å²) in [5.74, 6) is -0.237. The van der Waals surface area contributed by atoms with E-state index in [0.29, 0.717) is 16.3 Å². The monoisotopic (exact) mass is 302 g/mol. The van der Waals surface area contributed by atoms with Gasteiger partial charge in [-0.05, 0) is 37.3 Å². The Morgan fingerprint density at radius 1 is 1.05 bits per heavy atom. The molecule has 4 nitrogen and oxygen atoms in total. The highest BCUT2D eigenvalue weighted by molar-refractivity contribution is 6.30. The van der Waals surface area contributed by atoms with E-state index in [4.69, 9.17) is 11.6 Å². The van der Waals surface area contributed by atoms with E-state index in [9.17, 15) is 9.59 Å². The van der Waals surface area contributed by atoms with Gasteiger partial charge in [0.2, 0.25) is 5.91 Å². The summed E-state index contributed by atoms with van der Waals surface area (Å²) in [5, 5.41) is 6.32. The fourth-order valence-electron chi connectivity index (χ4n) is 1.80. The maximum absolute atomic E-state index is 11.9. The Kier molecular flexibility index (Phi) is 4.95. The summed E-state index contributed by atoms with van der Waals surface area (Å²) in [4.78, 5) is 23.1. The van der Waals surface area contributed by atoms with Crippen molar-refractivity contribution in [1.82, 2.24) is 0 Å². The minimum atomic E-state index is -0.198. The van der Waals surface area contributed by atoms with Crippen molar-refractivity contribution in [2.24, 2.45) is 0 Å². The van der Waals surface area contributed by atoms with Gasteiger partial charge in [0.15, 0.2) is 5.78 Å². The van der Waals surface area contributed by atoms with E-state index in [1.165, 1.54) is 6.92 Å². The van der Waals surface area contributed by atoms with Gasteiger partial charge >= 0.3 is 0 Å². The molecule has 0 spiro atoms. The Hall–Kier alpha value is -2.33. The summed E-state index contributed by atoms with van der Waals surface area (Å²) in [6, 6.07) is 14.0. The number of carbonyl (C=O) groups excluding carboxylic acids is 2. The Morgan fingerprint density at radius 3 is 2.48 bits per heavy atom. The van der Waals surface area contributed by atoms with Gasteiger partial charge in [0.25, 0.3) is 0 Å². The first-order valence-corrected chi connectivity index (χ1v) is 6.83. The van der Waals surface area contributed by atoms with Crippen LogP contribution in [0.5, 0.6) is 0 Å². The zero-order valence-corrected chi connectivity index (χ0v) is 12.3. The molecule has 1 amide bonds. The SMILES string of the molecule is CC(=O)c1cccc(NC(=O)CNc2cccc(Cl)c2)c1. The van der Waals surface area contributed by atoms with Crippen LogP contribution in [0, 0.1) is 0 Å². The van der Waals surface area contributed by atoms with Crippen LogP contribution in [0.1, 0.15) is 17.3 Å². The standard InChI is InChI=1S/C16H15ClN2O2/c1-11(20)12-4-2-7-15(8-12)19-16(21)10-18-14-6-3-5-13(17)9-14/h2-9,18H,10H2,1H3,(H,19,21). The minimum absolute atomic E-state index is 0.0387. The summed E-state index contributed by atoms with van der Waals surface area (Å²) in [5.41, 5.74) is 1.94. The number of ketones is 1. The van der Waals surface area contributed by atoms with Gasteiger partial charge in [0.1, 0.15) is 0 Å². The molecule has 0 aliphatic rings. The van der Waals surface area contributed by atoms with Gasteiger partial charge < -0.3 is 10.6 Å². The van der Waals surface area contributed by atoms with E-state index < -0.39 is 0 Å². The molecule has 0 heterocycles. The lowest BCUT2D eigenvalue weighted by Gasteiger charge is -2.08. The molecule has 0 unspecified atom stereocenters. The van der Waals surface area contributed by atoms with Crippen molar-refractivity contribution in [3.05, 3.63) is 59.1 Å². The zero-order chi connectivity index (χ0) is 15.2. The van der Waals surface area contributed by atoms with Crippen LogP contribution < -0.4 is 10.6 Å². The van der Waals surface area contributed by atoms with E-state index in [2.05, 4.69) is 10.6 Å². The average Bonchev–Trinajstić information content (AvgIpc) is 2.45. The van der Waals surface area contributed by atoms with E-state index >= 15 is 0 Å². The lowest BCUT2D eigenvalue weighted by Crippen LogP contribution is -2.21. The Morgan fingerprint density at radius 2 is 1.76 bits per heavy atom. The second kappa shape index (κ2) is 6.90. The fraction of sp³-hybridized carbons (Fsp3) is 0.125. The van der Waals surface area contributed by atoms with E-state index in [1.54, 1.807) is 42.5 Å². The quantitative estimate of drug-likeness (QED) is 0.830. The minimum Gasteiger partial charge on any atom is -0.376 e. The predicted octanol–water partition coefficient (Wildman–Crippen LogP) is 3.59. The van der Waals surface area contributed by atoms with E-state index in [0.717, 1.165) is 5.69 Å². The van der Waals surface area contributed by atoms with Crippen molar-refractivity contribution in [3.8, 4) is 0 Å². The summed E-state index contributed by atoms with van der Waals surface area (Å²) < 4.78 is 0. The average molecular weight is 303 g/mol. The lowest BCUT2D eigenvalue weighted by atomic mass is 10.1. The van der Waals surface area contributed by atoms with Crippen molar-refractivity contribution < 1.29 is 9.59 Å². The molecule has 0 saturated heterocycles. The number of carbonyl (C=O) groups is 2. The topological polar surface area (TPSA) is 58.2 Å². The molecule has 0 atom stereocenters. The molecular formula is C16H15ClN2O2. The summed E-state index contributed by atoms with van der Waals surface area (Å²) >= 11 is 5.86. The van der Waals surface area contributed by atoms with Crippen LogP contribution >= 0.6 is 11.6 Å². The van der Waals surface area contributed by atoms with Crippen molar-refractivity contribution in [3.63, 3.8) is 0 Å². The maximum atomic E-state index is 11.9. The van der Waals surface area contributed by atoms with Gasteiger partial charge in [0, 0.05) is 22.0 Å². The summed E-state index contributed by atoms with van der Waals surface area (Å²) in [6.07, 6.45) is 0. The molecule has 0 aromatic heterocycles. The van der Waals surface area contributed by atoms with Crippen LogP contribution in [0.15, 0.2) is 48.5 Å². The van der Waals surface area contributed by atoms with E-state index in [-0.39, 0.29) is 18.2 Å². The van der Waals surface area contributed by atoms with Gasteiger partial charge in [-0.2, -0.15) is 0 Å². The number of benzene rings is 2. The molecule has 2 N–H and O–H groups in total. The number of amides is 1. The van der Waals surface area contributed by atoms with Crippen molar-refractivity contribution in [1.29, 1.82) is 0 Å². The van der Waals surface area contributed by atoms with Gasteiger partial charge in [-0.3, -0.25) is 9.59 Å². The van der Waals surface area contributed by atoms with Crippen LogP contribution in [0.2, 0.25) is 5.02 Å². The number of anilines is 2. The Bertz CT molecular complexity index is 671. The Balaban J connectivity index is 1.93. The van der Waals surface area contributed by atoms with Gasteiger partial charge in [-0.1, -0.05) is 29.8 Å². The maximum Gasteiger partial charge on any atom is 0.243 e. The molecule has 2 aromatic rings. The molecule has 2 aromatic carbocycles.